The highest BCUT2D eigenvalue weighted by Gasteiger charge is 2.34. The molecule has 19 heavy (non-hydrogen) atoms. The summed E-state index contributed by atoms with van der Waals surface area (Å²) >= 11 is 0. The third-order valence-electron chi connectivity index (χ3n) is 3.66. The summed E-state index contributed by atoms with van der Waals surface area (Å²) in [6, 6.07) is 7.51. The summed E-state index contributed by atoms with van der Waals surface area (Å²) in [7, 11) is 1.71. The molecule has 1 aromatic rings. The average molecular weight is 265 g/mol. The lowest BCUT2D eigenvalue weighted by atomic mass is 9.81. The van der Waals surface area contributed by atoms with Crippen molar-refractivity contribution in [1.82, 2.24) is 5.32 Å². The van der Waals surface area contributed by atoms with Crippen LogP contribution < -0.4 is 5.32 Å². The molecular weight excluding hydrogens is 242 g/mol. The maximum Gasteiger partial charge on any atom is 0.115 e. The van der Waals surface area contributed by atoms with Crippen LogP contribution in [0.15, 0.2) is 24.3 Å². The third-order valence-corrected chi connectivity index (χ3v) is 3.66. The van der Waals surface area contributed by atoms with Crippen LogP contribution in [0.2, 0.25) is 0 Å². The Hall–Kier alpha value is -1.10. The van der Waals surface area contributed by atoms with E-state index in [-0.39, 0.29) is 5.41 Å². The molecule has 1 aliphatic heterocycles. The van der Waals surface area contributed by atoms with Gasteiger partial charge in [-0.2, -0.15) is 0 Å². The zero-order valence-corrected chi connectivity index (χ0v) is 11.5. The summed E-state index contributed by atoms with van der Waals surface area (Å²) in [5, 5.41) is 13.0. The van der Waals surface area contributed by atoms with Gasteiger partial charge in [0.1, 0.15) is 5.75 Å². The zero-order chi connectivity index (χ0) is 13.6. The van der Waals surface area contributed by atoms with Crippen LogP contribution in [0.5, 0.6) is 5.75 Å². The molecule has 1 aliphatic rings. The van der Waals surface area contributed by atoms with E-state index in [1.54, 1.807) is 13.2 Å². The summed E-state index contributed by atoms with van der Waals surface area (Å²) in [5.74, 6) is 0.332. The molecule has 1 atom stereocenters. The zero-order valence-electron chi connectivity index (χ0n) is 11.5. The van der Waals surface area contributed by atoms with Crippen LogP contribution in [-0.2, 0) is 15.9 Å². The SMILES string of the molecule is COCCNCC1(Cc2cccc(O)c2)CCOC1. The molecule has 1 fully saturated rings. The summed E-state index contributed by atoms with van der Waals surface area (Å²) in [5.41, 5.74) is 1.31. The Morgan fingerprint density at radius 2 is 2.37 bits per heavy atom. The molecule has 1 saturated heterocycles. The highest BCUT2D eigenvalue weighted by atomic mass is 16.5. The molecule has 1 heterocycles. The van der Waals surface area contributed by atoms with Gasteiger partial charge in [0, 0.05) is 32.2 Å². The first-order valence-electron chi connectivity index (χ1n) is 6.79. The summed E-state index contributed by atoms with van der Waals surface area (Å²) < 4.78 is 10.6. The number of benzene rings is 1. The van der Waals surface area contributed by atoms with Crippen molar-refractivity contribution in [2.75, 3.05) is 40.0 Å². The van der Waals surface area contributed by atoms with Crippen molar-refractivity contribution >= 4 is 0 Å². The molecule has 0 saturated carbocycles. The van der Waals surface area contributed by atoms with Gasteiger partial charge in [0.15, 0.2) is 0 Å². The lowest BCUT2D eigenvalue weighted by molar-refractivity contribution is 0.145. The molecular formula is C15H23NO3. The first-order chi connectivity index (χ1) is 9.24. The van der Waals surface area contributed by atoms with E-state index in [1.165, 1.54) is 5.56 Å². The van der Waals surface area contributed by atoms with E-state index in [4.69, 9.17) is 9.47 Å². The van der Waals surface area contributed by atoms with Gasteiger partial charge in [0.2, 0.25) is 0 Å². The Morgan fingerprint density at radius 1 is 1.47 bits per heavy atom. The summed E-state index contributed by atoms with van der Waals surface area (Å²) in [6.45, 7) is 4.11. The number of phenols is 1. The van der Waals surface area contributed by atoms with Crippen LogP contribution in [-0.4, -0.2) is 45.1 Å². The Labute approximate surface area is 114 Å². The molecule has 2 rings (SSSR count). The van der Waals surface area contributed by atoms with Gasteiger partial charge in [0.05, 0.1) is 13.2 Å². The molecule has 106 valence electrons. The quantitative estimate of drug-likeness (QED) is 0.735. The van der Waals surface area contributed by atoms with Crippen molar-refractivity contribution in [2.45, 2.75) is 12.8 Å². The maximum atomic E-state index is 9.55. The molecule has 0 bridgehead atoms. The minimum atomic E-state index is 0.140. The van der Waals surface area contributed by atoms with Crippen molar-refractivity contribution in [3.05, 3.63) is 29.8 Å². The molecule has 1 aromatic carbocycles. The van der Waals surface area contributed by atoms with Gasteiger partial charge in [-0.1, -0.05) is 12.1 Å². The lowest BCUT2D eigenvalue weighted by Gasteiger charge is -2.28. The van der Waals surface area contributed by atoms with E-state index in [2.05, 4.69) is 11.4 Å². The summed E-state index contributed by atoms with van der Waals surface area (Å²) in [6.07, 6.45) is 1.99. The fraction of sp³-hybridized carbons (Fsp3) is 0.600. The molecule has 0 spiro atoms. The van der Waals surface area contributed by atoms with E-state index in [0.717, 1.165) is 45.8 Å². The fourth-order valence-electron chi connectivity index (χ4n) is 2.62. The third kappa shape index (κ3) is 4.20. The molecule has 0 amide bonds. The van der Waals surface area contributed by atoms with Crippen LogP contribution in [0.1, 0.15) is 12.0 Å². The van der Waals surface area contributed by atoms with E-state index in [9.17, 15) is 5.11 Å². The highest BCUT2D eigenvalue weighted by Crippen LogP contribution is 2.32. The van der Waals surface area contributed by atoms with Crippen LogP contribution >= 0.6 is 0 Å². The van der Waals surface area contributed by atoms with Gasteiger partial charge in [-0.05, 0) is 30.5 Å². The minimum absolute atomic E-state index is 0.140. The van der Waals surface area contributed by atoms with Crippen molar-refractivity contribution in [3.63, 3.8) is 0 Å². The molecule has 1 unspecified atom stereocenters. The maximum absolute atomic E-state index is 9.55. The van der Waals surface area contributed by atoms with Gasteiger partial charge in [0.25, 0.3) is 0 Å². The predicted molar refractivity (Wildman–Crippen MR) is 74.4 cm³/mol. The Balaban J connectivity index is 1.95. The second-order valence-corrected chi connectivity index (χ2v) is 5.32. The van der Waals surface area contributed by atoms with Crippen molar-refractivity contribution < 1.29 is 14.6 Å². The molecule has 0 aliphatic carbocycles. The van der Waals surface area contributed by atoms with Crippen LogP contribution in [0.25, 0.3) is 0 Å². The number of methoxy groups -OCH3 is 1. The number of hydrogen-bond acceptors (Lipinski definition) is 4. The topological polar surface area (TPSA) is 50.7 Å². The van der Waals surface area contributed by atoms with Crippen LogP contribution in [0, 0.1) is 5.41 Å². The summed E-state index contributed by atoms with van der Waals surface area (Å²) in [4.78, 5) is 0. The monoisotopic (exact) mass is 265 g/mol. The average Bonchev–Trinajstić information content (AvgIpc) is 2.84. The van der Waals surface area contributed by atoms with E-state index in [0.29, 0.717) is 5.75 Å². The van der Waals surface area contributed by atoms with E-state index >= 15 is 0 Å². The van der Waals surface area contributed by atoms with Gasteiger partial charge in [-0.3, -0.25) is 0 Å². The number of phenolic OH excluding ortho intramolecular Hbond substituents is 1. The van der Waals surface area contributed by atoms with Crippen molar-refractivity contribution in [3.8, 4) is 5.75 Å². The second kappa shape index (κ2) is 6.89. The minimum Gasteiger partial charge on any atom is -0.508 e. The van der Waals surface area contributed by atoms with Gasteiger partial charge >= 0.3 is 0 Å². The molecule has 4 heteroatoms. The fourth-order valence-corrected chi connectivity index (χ4v) is 2.62. The van der Waals surface area contributed by atoms with Crippen molar-refractivity contribution in [1.29, 1.82) is 0 Å². The Bertz CT molecular complexity index is 389. The highest BCUT2D eigenvalue weighted by molar-refractivity contribution is 5.28. The first kappa shape index (κ1) is 14.3. The Kier molecular flexibility index (Phi) is 5.19. The molecule has 0 aromatic heterocycles. The molecule has 2 N–H and O–H groups in total. The molecule has 0 radical (unpaired) electrons. The number of aromatic hydroxyl groups is 1. The van der Waals surface area contributed by atoms with E-state index < -0.39 is 0 Å². The van der Waals surface area contributed by atoms with Crippen LogP contribution in [0.3, 0.4) is 0 Å². The van der Waals surface area contributed by atoms with Crippen molar-refractivity contribution in [2.24, 2.45) is 5.41 Å². The molecule has 4 nitrogen and oxygen atoms in total. The number of nitrogens with one attached hydrogen (secondary N) is 1. The van der Waals surface area contributed by atoms with Gasteiger partial charge < -0.3 is 19.9 Å². The largest absolute Gasteiger partial charge is 0.508 e. The standard InChI is InChI=1S/C15H23NO3/c1-18-8-6-16-11-15(5-7-19-12-15)10-13-3-2-4-14(17)9-13/h2-4,9,16-17H,5-8,10-12H2,1H3. The Morgan fingerprint density at radius 3 is 3.05 bits per heavy atom. The smallest absolute Gasteiger partial charge is 0.115 e. The number of rotatable bonds is 7. The van der Waals surface area contributed by atoms with Gasteiger partial charge in [-0.15, -0.1) is 0 Å². The normalized spacial score (nSPS) is 22.8. The van der Waals surface area contributed by atoms with Gasteiger partial charge in [-0.25, -0.2) is 0 Å². The first-order valence-corrected chi connectivity index (χ1v) is 6.79. The second-order valence-electron chi connectivity index (χ2n) is 5.32. The predicted octanol–water partition coefficient (Wildman–Crippen LogP) is 1.58. The van der Waals surface area contributed by atoms with E-state index in [1.807, 2.05) is 12.1 Å². The van der Waals surface area contributed by atoms with Crippen LogP contribution in [0.4, 0.5) is 0 Å². The lowest BCUT2D eigenvalue weighted by Crippen LogP contribution is -2.38. The number of ether oxygens (including phenoxy) is 2. The number of hydrogen-bond donors (Lipinski definition) is 2.